The molecule has 1 saturated heterocycles. The van der Waals surface area contributed by atoms with E-state index in [-0.39, 0.29) is 6.61 Å². The van der Waals surface area contributed by atoms with Crippen LogP contribution in [0, 0.1) is 0 Å². The van der Waals surface area contributed by atoms with Crippen LogP contribution in [0.3, 0.4) is 0 Å². The van der Waals surface area contributed by atoms with Gasteiger partial charge < -0.3 is 19.5 Å². The molecule has 29 heavy (non-hydrogen) atoms. The van der Waals surface area contributed by atoms with E-state index in [0.29, 0.717) is 17.2 Å². The maximum absolute atomic E-state index is 12.1. The molecule has 3 amide bonds. The number of carbonyl (C=O) groups is 3. The van der Waals surface area contributed by atoms with Crippen molar-refractivity contribution in [1.82, 2.24) is 15.2 Å². The van der Waals surface area contributed by atoms with E-state index in [4.69, 9.17) is 14.2 Å². The average Bonchev–Trinajstić information content (AvgIpc) is 3.24. The molecule has 1 N–H and O–H groups in total. The quantitative estimate of drug-likeness (QED) is 0.541. The van der Waals surface area contributed by atoms with E-state index in [1.807, 2.05) is 12.1 Å². The normalized spacial score (nSPS) is 15.2. The van der Waals surface area contributed by atoms with Gasteiger partial charge in [-0.15, -0.1) is 11.3 Å². The first-order valence-electron chi connectivity index (χ1n) is 8.71. The minimum atomic E-state index is -1.03. The summed E-state index contributed by atoms with van der Waals surface area (Å²) in [6.45, 7) is 2.64. The van der Waals surface area contributed by atoms with Crippen LogP contribution in [0.1, 0.15) is 19.5 Å². The number of nitrogens with zero attached hydrogens (tertiary/aromatic N) is 2. The van der Waals surface area contributed by atoms with Crippen molar-refractivity contribution in [3.8, 4) is 22.1 Å². The van der Waals surface area contributed by atoms with Gasteiger partial charge in [0.15, 0.2) is 11.5 Å². The lowest BCUT2D eigenvalue weighted by molar-refractivity contribution is -0.148. The molecular weight excluding hydrogens is 398 g/mol. The standard InChI is InChI=1S/C19H21N3O6S/c1-19(2)17(24)22(18(25)21-19)8-15(23)28-9-12-10-29-16(20-12)11-5-6-13(26-3)14(7-11)27-4/h5-7,10H,8-9H2,1-4H3,(H,21,25). The molecule has 1 aromatic heterocycles. The summed E-state index contributed by atoms with van der Waals surface area (Å²) in [6, 6.07) is 4.85. The smallest absolute Gasteiger partial charge is 0.326 e. The van der Waals surface area contributed by atoms with E-state index in [0.717, 1.165) is 15.5 Å². The Balaban J connectivity index is 1.60. The number of imide groups is 1. The molecule has 1 aliphatic rings. The second-order valence-corrected chi connectivity index (χ2v) is 7.68. The van der Waals surface area contributed by atoms with Crippen molar-refractivity contribution in [3.63, 3.8) is 0 Å². The lowest BCUT2D eigenvalue weighted by atomic mass is 10.1. The van der Waals surface area contributed by atoms with Gasteiger partial charge in [0.05, 0.1) is 19.9 Å². The molecule has 0 radical (unpaired) electrons. The summed E-state index contributed by atoms with van der Waals surface area (Å²) in [4.78, 5) is 41.3. The first-order chi connectivity index (χ1) is 13.7. The summed E-state index contributed by atoms with van der Waals surface area (Å²) >= 11 is 1.39. The number of benzene rings is 1. The Morgan fingerprint density at radius 1 is 1.21 bits per heavy atom. The second-order valence-electron chi connectivity index (χ2n) is 6.82. The first-order valence-corrected chi connectivity index (χ1v) is 9.59. The van der Waals surface area contributed by atoms with Gasteiger partial charge in [-0.1, -0.05) is 0 Å². The third kappa shape index (κ3) is 4.32. The number of esters is 1. The molecule has 154 valence electrons. The van der Waals surface area contributed by atoms with Crippen LogP contribution in [-0.2, 0) is 20.9 Å². The Morgan fingerprint density at radius 2 is 1.93 bits per heavy atom. The molecule has 2 aromatic rings. The Labute approximate surface area is 171 Å². The van der Waals surface area contributed by atoms with Crippen LogP contribution in [-0.4, -0.2) is 54.1 Å². The second kappa shape index (κ2) is 8.08. The zero-order valence-electron chi connectivity index (χ0n) is 16.5. The fourth-order valence-electron chi connectivity index (χ4n) is 2.77. The van der Waals surface area contributed by atoms with Crippen molar-refractivity contribution < 1.29 is 28.6 Å². The molecule has 1 aliphatic heterocycles. The fourth-order valence-corrected chi connectivity index (χ4v) is 3.57. The molecule has 9 nitrogen and oxygen atoms in total. The van der Waals surface area contributed by atoms with Crippen LogP contribution in [0.5, 0.6) is 11.5 Å². The van der Waals surface area contributed by atoms with Gasteiger partial charge in [-0.05, 0) is 32.0 Å². The van der Waals surface area contributed by atoms with E-state index >= 15 is 0 Å². The molecule has 0 saturated carbocycles. The molecule has 3 rings (SSSR count). The topological polar surface area (TPSA) is 107 Å². The number of amides is 3. The van der Waals surface area contributed by atoms with Crippen LogP contribution in [0.25, 0.3) is 10.6 Å². The maximum atomic E-state index is 12.1. The highest BCUT2D eigenvalue weighted by Crippen LogP contribution is 2.33. The number of carbonyl (C=O) groups excluding carboxylic acids is 3. The molecule has 0 atom stereocenters. The number of rotatable bonds is 7. The highest BCUT2D eigenvalue weighted by atomic mass is 32.1. The summed E-state index contributed by atoms with van der Waals surface area (Å²) in [5.74, 6) is 0.0472. The molecular formula is C19H21N3O6S. The van der Waals surface area contributed by atoms with Crippen LogP contribution in [0.4, 0.5) is 4.79 Å². The van der Waals surface area contributed by atoms with Gasteiger partial charge in [0, 0.05) is 10.9 Å². The van der Waals surface area contributed by atoms with Gasteiger partial charge in [-0.2, -0.15) is 0 Å². The monoisotopic (exact) mass is 419 g/mol. The first kappa shape index (κ1) is 20.6. The zero-order chi connectivity index (χ0) is 21.2. The Bertz CT molecular complexity index is 955. The molecule has 0 spiro atoms. The summed E-state index contributed by atoms with van der Waals surface area (Å²) in [7, 11) is 3.12. The van der Waals surface area contributed by atoms with Crippen molar-refractivity contribution in [3.05, 3.63) is 29.3 Å². The molecule has 0 bridgehead atoms. The van der Waals surface area contributed by atoms with Crippen molar-refractivity contribution in [2.75, 3.05) is 20.8 Å². The van der Waals surface area contributed by atoms with Gasteiger partial charge >= 0.3 is 12.0 Å². The van der Waals surface area contributed by atoms with E-state index in [2.05, 4.69) is 10.3 Å². The van der Waals surface area contributed by atoms with Crippen molar-refractivity contribution in [2.24, 2.45) is 0 Å². The van der Waals surface area contributed by atoms with Crippen molar-refractivity contribution >= 4 is 29.2 Å². The molecule has 10 heteroatoms. The average molecular weight is 419 g/mol. The van der Waals surface area contributed by atoms with Crippen LogP contribution >= 0.6 is 11.3 Å². The van der Waals surface area contributed by atoms with Gasteiger partial charge in [-0.25, -0.2) is 9.78 Å². The number of aromatic nitrogens is 1. The Hall–Kier alpha value is -3.14. The molecule has 1 aromatic carbocycles. The summed E-state index contributed by atoms with van der Waals surface area (Å²) in [5, 5.41) is 5.01. The van der Waals surface area contributed by atoms with Crippen molar-refractivity contribution in [1.29, 1.82) is 0 Å². The molecule has 0 aliphatic carbocycles. The summed E-state index contributed by atoms with van der Waals surface area (Å²) in [5.41, 5.74) is 0.373. The minimum Gasteiger partial charge on any atom is -0.493 e. The third-order valence-corrected chi connectivity index (χ3v) is 5.24. The Kier molecular flexibility index (Phi) is 5.73. The van der Waals surface area contributed by atoms with Gasteiger partial charge in [0.1, 0.15) is 23.7 Å². The largest absolute Gasteiger partial charge is 0.493 e. The highest BCUT2D eigenvalue weighted by molar-refractivity contribution is 7.13. The predicted molar refractivity (Wildman–Crippen MR) is 105 cm³/mol. The van der Waals surface area contributed by atoms with Gasteiger partial charge in [0.25, 0.3) is 5.91 Å². The summed E-state index contributed by atoms with van der Waals surface area (Å²) < 4.78 is 15.7. The lowest BCUT2D eigenvalue weighted by Gasteiger charge is -2.15. The number of thiazole rings is 1. The SMILES string of the molecule is COc1ccc(-c2nc(COC(=O)CN3C(=O)NC(C)(C)C3=O)cs2)cc1OC. The number of ether oxygens (including phenoxy) is 3. The Morgan fingerprint density at radius 3 is 2.55 bits per heavy atom. The number of urea groups is 1. The minimum absolute atomic E-state index is 0.0599. The zero-order valence-corrected chi connectivity index (χ0v) is 17.3. The molecule has 0 unspecified atom stereocenters. The lowest BCUT2D eigenvalue weighted by Crippen LogP contribution is -2.41. The third-order valence-electron chi connectivity index (χ3n) is 4.29. The van der Waals surface area contributed by atoms with E-state index < -0.39 is 30.0 Å². The summed E-state index contributed by atoms with van der Waals surface area (Å²) in [6.07, 6.45) is 0. The number of methoxy groups -OCH3 is 2. The van der Waals surface area contributed by atoms with Crippen molar-refractivity contribution in [2.45, 2.75) is 26.0 Å². The van der Waals surface area contributed by atoms with E-state index in [1.165, 1.54) is 11.3 Å². The number of hydrogen-bond donors (Lipinski definition) is 1. The van der Waals surface area contributed by atoms with E-state index in [9.17, 15) is 14.4 Å². The highest BCUT2D eigenvalue weighted by Gasteiger charge is 2.45. The van der Waals surface area contributed by atoms with Gasteiger partial charge in [-0.3, -0.25) is 14.5 Å². The number of nitrogens with one attached hydrogen (secondary N) is 1. The molecule has 1 fully saturated rings. The maximum Gasteiger partial charge on any atom is 0.326 e. The molecule has 2 heterocycles. The fraction of sp³-hybridized carbons (Fsp3) is 0.368. The van der Waals surface area contributed by atoms with Gasteiger partial charge in [0.2, 0.25) is 0 Å². The number of hydrogen-bond acceptors (Lipinski definition) is 8. The van der Waals surface area contributed by atoms with E-state index in [1.54, 1.807) is 39.5 Å². The van der Waals surface area contributed by atoms with Crippen LogP contribution in [0.15, 0.2) is 23.6 Å². The predicted octanol–water partition coefficient (Wildman–Crippen LogP) is 2.20. The van der Waals surface area contributed by atoms with Crippen LogP contribution < -0.4 is 14.8 Å². The van der Waals surface area contributed by atoms with Crippen LogP contribution in [0.2, 0.25) is 0 Å².